The van der Waals surface area contributed by atoms with E-state index in [0.717, 1.165) is 66.5 Å². The number of nitrogens with zero attached hydrogens (tertiary/aromatic N) is 2. The van der Waals surface area contributed by atoms with Crippen LogP contribution in [0.5, 0.6) is 0 Å². The van der Waals surface area contributed by atoms with E-state index < -0.39 is 0 Å². The summed E-state index contributed by atoms with van der Waals surface area (Å²) in [4.78, 5) is 2.44. The largest absolute Gasteiger partial charge is 0.456 e. The molecule has 0 N–H and O–H groups in total. The van der Waals surface area contributed by atoms with Gasteiger partial charge in [0.1, 0.15) is 11.2 Å². The highest BCUT2D eigenvalue weighted by molar-refractivity contribution is 6.22. The predicted molar refractivity (Wildman–Crippen MR) is 249 cm³/mol. The molecule has 276 valence electrons. The van der Waals surface area contributed by atoms with Gasteiger partial charge in [0.05, 0.1) is 22.1 Å². The zero-order valence-corrected chi connectivity index (χ0v) is 32.1. The first kappa shape index (κ1) is 33.3. The fourth-order valence-electron chi connectivity index (χ4n) is 9.25. The van der Waals surface area contributed by atoms with E-state index in [-0.39, 0.29) is 0 Å². The summed E-state index contributed by atoms with van der Waals surface area (Å²) in [6.07, 6.45) is 0. The van der Waals surface area contributed by atoms with Crippen LogP contribution in [0, 0.1) is 0 Å². The molecule has 3 heteroatoms. The third-order valence-electron chi connectivity index (χ3n) is 11.9. The number of para-hydroxylation sites is 3. The lowest BCUT2D eigenvalue weighted by atomic mass is 9.93. The average molecular weight is 753 g/mol. The van der Waals surface area contributed by atoms with Gasteiger partial charge in [-0.15, -0.1) is 0 Å². The standard InChI is InChI=1S/C56H36N2O/c1-3-15-38(16-4-1)50-34-41(33-39-17-7-9-21-45(39)50)37-27-29-43(30-28-37)57(56-46-22-10-8-18-40(46)35-54-55(56)49-24-12-14-26-53(49)59-54)44-31-32-48-47-23-11-13-25-51(47)58(52(48)36-44)42-19-5-2-6-20-42/h1-36H. The second-order valence-electron chi connectivity index (χ2n) is 15.3. The Morgan fingerprint density at radius 1 is 0.356 bits per heavy atom. The number of benzene rings is 10. The second-order valence-corrected chi connectivity index (χ2v) is 15.3. The molecule has 0 unspecified atom stereocenters. The third kappa shape index (κ3) is 5.36. The number of fused-ring (bicyclic) bond motifs is 8. The van der Waals surface area contributed by atoms with Crippen LogP contribution in [0.15, 0.2) is 223 Å². The van der Waals surface area contributed by atoms with Crippen molar-refractivity contribution in [2.24, 2.45) is 0 Å². The molecule has 0 atom stereocenters. The minimum Gasteiger partial charge on any atom is -0.456 e. The van der Waals surface area contributed by atoms with Crippen LogP contribution in [-0.2, 0) is 0 Å². The van der Waals surface area contributed by atoms with Crippen molar-refractivity contribution < 1.29 is 4.42 Å². The van der Waals surface area contributed by atoms with Crippen molar-refractivity contribution in [1.29, 1.82) is 0 Å². The van der Waals surface area contributed by atoms with Gasteiger partial charge >= 0.3 is 0 Å². The van der Waals surface area contributed by atoms with Crippen LogP contribution in [0.3, 0.4) is 0 Å². The molecule has 12 rings (SSSR count). The van der Waals surface area contributed by atoms with Gasteiger partial charge in [0.2, 0.25) is 0 Å². The molecule has 0 bridgehead atoms. The Kier molecular flexibility index (Phi) is 7.54. The van der Waals surface area contributed by atoms with E-state index in [1.54, 1.807) is 0 Å². The van der Waals surface area contributed by atoms with Gasteiger partial charge in [-0.05, 0) is 105 Å². The Balaban J connectivity index is 1.12. The lowest BCUT2D eigenvalue weighted by Gasteiger charge is -2.28. The number of rotatable bonds is 6. The summed E-state index contributed by atoms with van der Waals surface area (Å²) in [6.45, 7) is 0. The highest BCUT2D eigenvalue weighted by atomic mass is 16.3. The Bertz CT molecular complexity index is 3540. The highest BCUT2D eigenvalue weighted by Gasteiger charge is 2.24. The van der Waals surface area contributed by atoms with Crippen LogP contribution in [0.2, 0.25) is 0 Å². The van der Waals surface area contributed by atoms with Crippen molar-refractivity contribution in [2.75, 3.05) is 4.90 Å². The smallest absolute Gasteiger partial charge is 0.138 e. The maximum atomic E-state index is 6.64. The van der Waals surface area contributed by atoms with E-state index in [9.17, 15) is 0 Å². The summed E-state index contributed by atoms with van der Waals surface area (Å²) in [6, 6.07) is 78.8. The minimum absolute atomic E-state index is 0.866. The van der Waals surface area contributed by atoms with E-state index in [1.165, 1.54) is 43.8 Å². The van der Waals surface area contributed by atoms with Crippen molar-refractivity contribution in [3.63, 3.8) is 0 Å². The summed E-state index contributed by atoms with van der Waals surface area (Å²) in [5.74, 6) is 0. The van der Waals surface area contributed by atoms with Crippen molar-refractivity contribution in [3.8, 4) is 27.9 Å². The van der Waals surface area contributed by atoms with Crippen molar-refractivity contribution >= 4 is 82.4 Å². The molecule has 2 heterocycles. The van der Waals surface area contributed by atoms with Crippen LogP contribution in [0.1, 0.15) is 0 Å². The van der Waals surface area contributed by atoms with E-state index in [2.05, 4.69) is 222 Å². The molecule has 0 saturated heterocycles. The van der Waals surface area contributed by atoms with Crippen LogP contribution in [0.4, 0.5) is 17.1 Å². The van der Waals surface area contributed by atoms with E-state index in [0.29, 0.717) is 0 Å². The second kappa shape index (κ2) is 13.4. The molecule has 2 aromatic heterocycles. The molecule has 0 radical (unpaired) electrons. The van der Waals surface area contributed by atoms with Crippen LogP contribution < -0.4 is 4.90 Å². The zero-order chi connectivity index (χ0) is 38.9. The summed E-state index contributed by atoms with van der Waals surface area (Å²) in [5, 5.41) is 9.38. The van der Waals surface area contributed by atoms with Gasteiger partial charge in [0, 0.05) is 38.6 Å². The first-order valence-corrected chi connectivity index (χ1v) is 20.2. The topological polar surface area (TPSA) is 21.3 Å². The number of hydrogen-bond donors (Lipinski definition) is 0. The van der Waals surface area contributed by atoms with Crippen LogP contribution in [0.25, 0.3) is 93.2 Å². The summed E-state index contributed by atoms with van der Waals surface area (Å²) < 4.78 is 9.03. The van der Waals surface area contributed by atoms with Gasteiger partial charge in [-0.25, -0.2) is 0 Å². The van der Waals surface area contributed by atoms with Gasteiger partial charge in [0.15, 0.2) is 0 Å². The van der Waals surface area contributed by atoms with E-state index in [1.807, 2.05) is 6.07 Å². The first-order chi connectivity index (χ1) is 29.3. The lowest BCUT2D eigenvalue weighted by Crippen LogP contribution is -2.11. The van der Waals surface area contributed by atoms with Crippen LogP contribution in [-0.4, -0.2) is 4.57 Å². The fraction of sp³-hybridized carbons (Fsp3) is 0. The zero-order valence-electron chi connectivity index (χ0n) is 32.1. The summed E-state index contributed by atoms with van der Waals surface area (Å²) in [7, 11) is 0. The lowest BCUT2D eigenvalue weighted by molar-refractivity contribution is 0.669. The summed E-state index contributed by atoms with van der Waals surface area (Å²) in [5.41, 5.74) is 13.2. The maximum absolute atomic E-state index is 6.64. The molecule has 0 saturated carbocycles. The Morgan fingerprint density at radius 3 is 1.76 bits per heavy atom. The Labute approximate surface area is 341 Å². The normalized spacial score (nSPS) is 11.7. The minimum atomic E-state index is 0.866. The van der Waals surface area contributed by atoms with Gasteiger partial charge in [-0.2, -0.15) is 0 Å². The molecule has 0 fully saturated rings. The van der Waals surface area contributed by atoms with Crippen molar-refractivity contribution in [3.05, 3.63) is 218 Å². The summed E-state index contributed by atoms with van der Waals surface area (Å²) >= 11 is 0. The van der Waals surface area contributed by atoms with Gasteiger partial charge < -0.3 is 13.9 Å². The molecule has 0 aliphatic carbocycles. The Morgan fingerprint density at radius 2 is 0.966 bits per heavy atom. The van der Waals surface area contributed by atoms with Gasteiger partial charge in [-0.3, -0.25) is 0 Å². The van der Waals surface area contributed by atoms with Gasteiger partial charge in [0.25, 0.3) is 0 Å². The molecule has 12 aromatic rings. The van der Waals surface area contributed by atoms with E-state index >= 15 is 0 Å². The Hall–Kier alpha value is -7.88. The quantitative estimate of drug-likeness (QED) is 0.169. The number of hydrogen-bond acceptors (Lipinski definition) is 2. The molecular formula is C56H36N2O. The maximum Gasteiger partial charge on any atom is 0.138 e. The molecule has 0 aliphatic heterocycles. The monoisotopic (exact) mass is 752 g/mol. The van der Waals surface area contributed by atoms with Gasteiger partial charge in [-0.1, -0.05) is 152 Å². The van der Waals surface area contributed by atoms with Crippen molar-refractivity contribution in [2.45, 2.75) is 0 Å². The third-order valence-corrected chi connectivity index (χ3v) is 11.9. The molecular weight excluding hydrogens is 717 g/mol. The average Bonchev–Trinajstić information content (AvgIpc) is 3.84. The molecule has 0 aliphatic rings. The number of anilines is 3. The highest BCUT2D eigenvalue weighted by Crippen LogP contribution is 2.48. The molecule has 10 aromatic carbocycles. The fourth-order valence-corrected chi connectivity index (χ4v) is 9.25. The molecule has 0 amide bonds. The molecule has 59 heavy (non-hydrogen) atoms. The molecule has 0 spiro atoms. The SMILES string of the molecule is c1ccc(-c2cc(-c3ccc(N(c4ccc5c6ccccc6n(-c6ccccc6)c5c4)c4c5ccccc5cc5oc6ccccc6c45)cc3)cc3ccccc23)cc1. The first-order valence-electron chi connectivity index (χ1n) is 20.2. The van der Waals surface area contributed by atoms with Crippen molar-refractivity contribution in [1.82, 2.24) is 4.57 Å². The van der Waals surface area contributed by atoms with Crippen LogP contribution >= 0.6 is 0 Å². The predicted octanol–water partition coefficient (Wildman–Crippen LogP) is 15.8. The number of aromatic nitrogens is 1. The van der Waals surface area contributed by atoms with E-state index in [4.69, 9.17) is 4.42 Å². The number of furan rings is 1. The molecule has 3 nitrogen and oxygen atoms in total.